The first-order chi connectivity index (χ1) is 12.8. The maximum absolute atomic E-state index is 12.8. The molecule has 1 amide bonds. The average molecular weight is 368 g/mol. The van der Waals surface area contributed by atoms with Gasteiger partial charge >= 0.3 is 5.97 Å². The fraction of sp³-hybridized carbons (Fsp3) is 0.350. The van der Waals surface area contributed by atoms with E-state index in [2.05, 4.69) is 35.8 Å². The van der Waals surface area contributed by atoms with Gasteiger partial charge in [0.15, 0.2) is 5.69 Å². The van der Waals surface area contributed by atoms with Crippen LogP contribution in [0.1, 0.15) is 44.7 Å². The Labute approximate surface area is 157 Å². The molecule has 0 atom stereocenters. The van der Waals surface area contributed by atoms with Crippen LogP contribution in [0.3, 0.4) is 0 Å². The lowest BCUT2D eigenvalue weighted by Crippen LogP contribution is -2.16. The number of ether oxygens (including phenoxy) is 1. The lowest BCUT2D eigenvalue weighted by Gasteiger charge is -2.08. The summed E-state index contributed by atoms with van der Waals surface area (Å²) in [5.41, 5.74) is 5.13. The molecule has 3 aromatic rings. The molecule has 27 heavy (non-hydrogen) atoms. The molecule has 0 saturated heterocycles. The van der Waals surface area contributed by atoms with Gasteiger partial charge in [0.25, 0.3) is 5.91 Å². The lowest BCUT2D eigenvalue weighted by atomic mass is 10.1. The number of aryl methyl sites for hydroxylation is 4. The van der Waals surface area contributed by atoms with Crippen LogP contribution in [0.4, 0.5) is 5.69 Å². The van der Waals surface area contributed by atoms with Crippen molar-refractivity contribution in [1.29, 1.82) is 0 Å². The minimum Gasteiger partial charge on any atom is -0.464 e. The van der Waals surface area contributed by atoms with E-state index < -0.39 is 5.97 Å². The maximum Gasteiger partial charge on any atom is 0.358 e. The van der Waals surface area contributed by atoms with Crippen LogP contribution in [-0.2, 0) is 18.3 Å². The molecule has 0 unspecified atom stereocenters. The molecule has 7 nitrogen and oxygen atoms in total. The number of nitrogens with one attached hydrogen (secondary N) is 1. The molecule has 0 bridgehead atoms. The van der Waals surface area contributed by atoms with Crippen molar-refractivity contribution in [2.75, 3.05) is 12.4 Å². The standard InChI is InChI=1S/C20H24N4O3/c1-7-24-13(4)11(2)15-10-14(8-9-16(15)24)19(25)21-17-12(3)22-23(5)18(17)20(26)27-6/h8-10H,7H2,1-6H3,(H,21,25). The predicted octanol–water partition coefficient (Wildman–Crippen LogP) is 3.36. The van der Waals surface area contributed by atoms with E-state index in [0.717, 1.165) is 23.0 Å². The topological polar surface area (TPSA) is 78.2 Å². The number of rotatable bonds is 4. The van der Waals surface area contributed by atoms with E-state index >= 15 is 0 Å². The Morgan fingerprint density at radius 3 is 2.56 bits per heavy atom. The predicted molar refractivity (Wildman–Crippen MR) is 104 cm³/mol. The molecule has 0 fully saturated rings. The molecule has 0 spiro atoms. The van der Waals surface area contributed by atoms with Crippen molar-refractivity contribution in [2.24, 2.45) is 7.05 Å². The average Bonchev–Trinajstić information content (AvgIpc) is 3.07. The van der Waals surface area contributed by atoms with Gasteiger partial charge in [-0.3, -0.25) is 9.48 Å². The molecule has 0 aliphatic carbocycles. The fourth-order valence-corrected chi connectivity index (χ4v) is 3.52. The first-order valence-corrected chi connectivity index (χ1v) is 8.82. The van der Waals surface area contributed by atoms with Gasteiger partial charge in [-0.25, -0.2) is 4.79 Å². The van der Waals surface area contributed by atoms with Crippen molar-refractivity contribution < 1.29 is 14.3 Å². The molecule has 0 saturated carbocycles. The molecular formula is C20H24N4O3. The SMILES string of the molecule is CCn1c(C)c(C)c2cc(C(=O)Nc3c(C)nn(C)c3C(=O)OC)ccc21. The van der Waals surface area contributed by atoms with E-state index in [0.29, 0.717) is 16.9 Å². The van der Waals surface area contributed by atoms with E-state index in [1.165, 1.54) is 17.5 Å². The van der Waals surface area contributed by atoms with Gasteiger partial charge in [0.1, 0.15) is 0 Å². The summed E-state index contributed by atoms with van der Waals surface area (Å²) >= 11 is 0. The summed E-state index contributed by atoms with van der Waals surface area (Å²) in [6.45, 7) is 8.86. The summed E-state index contributed by atoms with van der Waals surface area (Å²) in [5, 5.41) is 8.09. The van der Waals surface area contributed by atoms with Crippen LogP contribution in [0.15, 0.2) is 18.2 Å². The number of carbonyl (C=O) groups is 2. The molecule has 0 radical (unpaired) electrons. The molecule has 1 aromatic carbocycles. The van der Waals surface area contributed by atoms with Gasteiger partial charge in [0.05, 0.1) is 18.5 Å². The van der Waals surface area contributed by atoms with E-state index in [1.807, 2.05) is 12.1 Å². The number of methoxy groups -OCH3 is 1. The molecule has 2 aromatic heterocycles. The highest BCUT2D eigenvalue weighted by molar-refractivity contribution is 6.09. The minimum absolute atomic E-state index is 0.216. The van der Waals surface area contributed by atoms with E-state index in [4.69, 9.17) is 4.74 Å². The van der Waals surface area contributed by atoms with Gasteiger partial charge in [0.2, 0.25) is 0 Å². The monoisotopic (exact) mass is 368 g/mol. The highest BCUT2D eigenvalue weighted by Crippen LogP contribution is 2.27. The summed E-state index contributed by atoms with van der Waals surface area (Å²) in [6, 6.07) is 5.65. The van der Waals surface area contributed by atoms with Crippen LogP contribution in [-0.4, -0.2) is 33.3 Å². The van der Waals surface area contributed by atoms with E-state index in [1.54, 1.807) is 20.0 Å². The van der Waals surface area contributed by atoms with Gasteiger partial charge in [-0.1, -0.05) is 0 Å². The van der Waals surface area contributed by atoms with Gasteiger partial charge < -0.3 is 14.6 Å². The number of amides is 1. The van der Waals surface area contributed by atoms with Crippen LogP contribution in [0.25, 0.3) is 10.9 Å². The Morgan fingerprint density at radius 2 is 1.93 bits per heavy atom. The third-order valence-corrected chi connectivity index (χ3v) is 5.06. The van der Waals surface area contributed by atoms with Gasteiger partial charge in [-0.2, -0.15) is 5.10 Å². The third-order valence-electron chi connectivity index (χ3n) is 5.06. The summed E-state index contributed by atoms with van der Waals surface area (Å²) in [5.74, 6) is -0.838. The van der Waals surface area contributed by atoms with Crippen molar-refractivity contribution >= 4 is 28.5 Å². The van der Waals surface area contributed by atoms with Crippen LogP contribution >= 0.6 is 0 Å². The number of esters is 1. The zero-order chi connectivity index (χ0) is 19.9. The first-order valence-electron chi connectivity index (χ1n) is 8.82. The quantitative estimate of drug-likeness (QED) is 0.716. The number of nitrogens with zero attached hydrogens (tertiary/aromatic N) is 3. The Kier molecular flexibility index (Phi) is 4.78. The summed E-state index contributed by atoms with van der Waals surface area (Å²) < 4.78 is 8.45. The van der Waals surface area contributed by atoms with Crippen molar-refractivity contribution in [1.82, 2.24) is 14.3 Å². The Balaban J connectivity index is 2.01. The smallest absolute Gasteiger partial charge is 0.358 e. The van der Waals surface area contributed by atoms with E-state index in [-0.39, 0.29) is 11.6 Å². The Bertz CT molecular complexity index is 1060. The fourth-order valence-electron chi connectivity index (χ4n) is 3.52. The van der Waals surface area contributed by atoms with Crippen LogP contribution in [0.2, 0.25) is 0 Å². The highest BCUT2D eigenvalue weighted by Gasteiger charge is 2.23. The zero-order valence-corrected chi connectivity index (χ0v) is 16.5. The van der Waals surface area contributed by atoms with E-state index in [9.17, 15) is 9.59 Å². The number of hydrogen-bond donors (Lipinski definition) is 1. The lowest BCUT2D eigenvalue weighted by molar-refractivity contribution is 0.0589. The van der Waals surface area contributed by atoms with Gasteiger partial charge in [-0.05, 0) is 51.5 Å². The molecule has 0 aliphatic heterocycles. The second-order valence-corrected chi connectivity index (χ2v) is 6.56. The molecular weight excluding hydrogens is 344 g/mol. The first kappa shape index (κ1) is 18.7. The zero-order valence-electron chi connectivity index (χ0n) is 16.5. The number of hydrogen-bond acceptors (Lipinski definition) is 4. The number of aromatic nitrogens is 3. The third kappa shape index (κ3) is 2.99. The van der Waals surface area contributed by atoms with Crippen molar-refractivity contribution in [3.8, 4) is 0 Å². The maximum atomic E-state index is 12.8. The molecule has 1 N–H and O–H groups in total. The summed E-state index contributed by atoms with van der Waals surface area (Å²) in [6.07, 6.45) is 0. The number of benzene rings is 1. The van der Waals surface area contributed by atoms with Gasteiger partial charge in [0, 0.05) is 35.8 Å². The second kappa shape index (κ2) is 6.90. The summed E-state index contributed by atoms with van der Waals surface area (Å²) in [7, 11) is 2.94. The number of fused-ring (bicyclic) bond motifs is 1. The molecule has 0 aliphatic rings. The largest absolute Gasteiger partial charge is 0.464 e. The second-order valence-electron chi connectivity index (χ2n) is 6.56. The van der Waals surface area contributed by atoms with Crippen LogP contribution in [0.5, 0.6) is 0 Å². The van der Waals surface area contributed by atoms with Gasteiger partial charge in [-0.15, -0.1) is 0 Å². The normalized spacial score (nSPS) is 11.0. The van der Waals surface area contributed by atoms with Crippen LogP contribution in [0, 0.1) is 20.8 Å². The highest BCUT2D eigenvalue weighted by atomic mass is 16.5. The van der Waals surface area contributed by atoms with Crippen molar-refractivity contribution in [2.45, 2.75) is 34.2 Å². The van der Waals surface area contributed by atoms with Crippen molar-refractivity contribution in [3.63, 3.8) is 0 Å². The van der Waals surface area contributed by atoms with Crippen LogP contribution < -0.4 is 5.32 Å². The number of carbonyl (C=O) groups excluding carboxylic acids is 2. The summed E-state index contributed by atoms with van der Waals surface area (Å²) in [4.78, 5) is 24.9. The minimum atomic E-state index is -0.546. The molecule has 7 heteroatoms. The Morgan fingerprint density at radius 1 is 1.22 bits per heavy atom. The number of anilines is 1. The molecule has 2 heterocycles. The van der Waals surface area contributed by atoms with Crippen molar-refractivity contribution in [3.05, 3.63) is 46.4 Å². The molecule has 3 rings (SSSR count). The molecule has 142 valence electrons. The Hall–Kier alpha value is -3.09.